The van der Waals surface area contributed by atoms with E-state index in [0.717, 1.165) is 12.3 Å². The average Bonchev–Trinajstić information content (AvgIpc) is 2.05. The monoisotopic (exact) mass is 182 g/mol. The summed E-state index contributed by atoms with van der Waals surface area (Å²) in [5, 5.41) is 0. The second kappa shape index (κ2) is 4.23. The van der Waals surface area contributed by atoms with Crippen LogP contribution in [0, 0.1) is 11.8 Å². The van der Waals surface area contributed by atoms with Gasteiger partial charge in [-0.3, -0.25) is 4.79 Å². The number of hydrogen-bond acceptors (Lipinski definition) is 2. The van der Waals surface area contributed by atoms with E-state index in [0.29, 0.717) is 25.4 Å². The largest absolute Gasteiger partial charge is 0.380 e. The summed E-state index contributed by atoms with van der Waals surface area (Å²) in [6.45, 7) is 1.34. The topological polar surface area (TPSA) is 26.3 Å². The van der Waals surface area contributed by atoms with Crippen molar-refractivity contribution in [1.82, 2.24) is 0 Å². The standard InChI is InChI=1S/C11H18O2/c12-11-6-7-13-8-10(11)5-4-9-2-1-3-9/h9-10H,1-8H2. The molecule has 1 aliphatic carbocycles. The van der Waals surface area contributed by atoms with Crippen molar-refractivity contribution in [3.05, 3.63) is 0 Å². The van der Waals surface area contributed by atoms with Crippen molar-refractivity contribution in [2.75, 3.05) is 13.2 Å². The van der Waals surface area contributed by atoms with Crippen LogP contribution in [0.2, 0.25) is 0 Å². The van der Waals surface area contributed by atoms with Crippen molar-refractivity contribution in [3.63, 3.8) is 0 Å². The zero-order valence-corrected chi connectivity index (χ0v) is 8.13. The third-order valence-corrected chi connectivity index (χ3v) is 3.42. The molecule has 2 fully saturated rings. The van der Waals surface area contributed by atoms with E-state index in [1.165, 1.54) is 25.7 Å². The first-order valence-corrected chi connectivity index (χ1v) is 5.46. The molecule has 2 rings (SSSR count). The van der Waals surface area contributed by atoms with Crippen molar-refractivity contribution in [1.29, 1.82) is 0 Å². The predicted molar refractivity (Wildman–Crippen MR) is 50.5 cm³/mol. The number of ether oxygens (including phenoxy) is 1. The minimum absolute atomic E-state index is 0.231. The highest BCUT2D eigenvalue weighted by Crippen LogP contribution is 2.32. The maximum absolute atomic E-state index is 11.4. The number of carbonyl (C=O) groups excluding carboxylic acids is 1. The van der Waals surface area contributed by atoms with Crippen molar-refractivity contribution >= 4 is 5.78 Å². The van der Waals surface area contributed by atoms with Crippen LogP contribution in [-0.2, 0) is 9.53 Å². The number of rotatable bonds is 3. The molecule has 2 heteroatoms. The van der Waals surface area contributed by atoms with Crippen LogP contribution >= 0.6 is 0 Å². The van der Waals surface area contributed by atoms with E-state index in [1.54, 1.807) is 0 Å². The molecule has 2 nitrogen and oxygen atoms in total. The molecule has 1 heterocycles. The van der Waals surface area contributed by atoms with Gasteiger partial charge in [0.1, 0.15) is 5.78 Å². The second-order valence-electron chi connectivity index (χ2n) is 4.36. The summed E-state index contributed by atoms with van der Waals surface area (Å²) in [5.41, 5.74) is 0. The Bertz CT molecular complexity index is 185. The third-order valence-electron chi connectivity index (χ3n) is 3.42. The Hall–Kier alpha value is -0.370. The third kappa shape index (κ3) is 2.31. The summed E-state index contributed by atoms with van der Waals surface area (Å²) in [7, 11) is 0. The Morgan fingerprint density at radius 2 is 2.15 bits per heavy atom. The first-order valence-electron chi connectivity index (χ1n) is 5.46. The van der Waals surface area contributed by atoms with Gasteiger partial charge in [0.05, 0.1) is 13.2 Å². The molecule has 0 aromatic heterocycles. The summed E-state index contributed by atoms with van der Waals surface area (Å²) < 4.78 is 5.32. The fourth-order valence-corrected chi connectivity index (χ4v) is 2.16. The average molecular weight is 182 g/mol. The van der Waals surface area contributed by atoms with Crippen LogP contribution in [0.5, 0.6) is 0 Å². The molecule has 1 aliphatic heterocycles. The number of Topliss-reactive ketones (excluding diaryl/α,β-unsaturated/α-hetero) is 1. The van der Waals surface area contributed by atoms with Crippen LogP contribution in [0.3, 0.4) is 0 Å². The molecule has 0 N–H and O–H groups in total. The van der Waals surface area contributed by atoms with Crippen LogP contribution < -0.4 is 0 Å². The predicted octanol–water partition coefficient (Wildman–Crippen LogP) is 2.17. The molecule has 74 valence electrons. The van der Waals surface area contributed by atoms with E-state index in [4.69, 9.17) is 4.74 Å². The fraction of sp³-hybridized carbons (Fsp3) is 0.909. The lowest BCUT2D eigenvalue weighted by Crippen LogP contribution is -2.28. The van der Waals surface area contributed by atoms with Crippen LogP contribution in [0.4, 0.5) is 0 Å². The Morgan fingerprint density at radius 3 is 2.77 bits per heavy atom. The molecule has 0 aromatic carbocycles. The summed E-state index contributed by atoms with van der Waals surface area (Å²) in [6, 6.07) is 0. The highest BCUT2D eigenvalue weighted by atomic mass is 16.5. The van der Waals surface area contributed by atoms with Crippen molar-refractivity contribution in [2.45, 2.75) is 38.5 Å². The van der Waals surface area contributed by atoms with Gasteiger partial charge in [-0.15, -0.1) is 0 Å². The number of hydrogen-bond donors (Lipinski definition) is 0. The molecule has 0 amide bonds. The highest BCUT2D eigenvalue weighted by Gasteiger charge is 2.25. The molecule has 0 spiro atoms. The van der Waals surface area contributed by atoms with Gasteiger partial charge in [-0.2, -0.15) is 0 Å². The molecule has 2 aliphatic rings. The molecule has 1 saturated carbocycles. The van der Waals surface area contributed by atoms with E-state index in [2.05, 4.69) is 0 Å². The summed E-state index contributed by atoms with van der Waals surface area (Å²) in [4.78, 5) is 11.4. The van der Waals surface area contributed by atoms with Crippen molar-refractivity contribution in [3.8, 4) is 0 Å². The van der Waals surface area contributed by atoms with Gasteiger partial charge >= 0.3 is 0 Å². The zero-order valence-electron chi connectivity index (χ0n) is 8.13. The minimum Gasteiger partial charge on any atom is -0.380 e. The van der Waals surface area contributed by atoms with E-state index < -0.39 is 0 Å². The zero-order chi connectivity index (χ0) is 9.10. The molecule has 0 aromatic rings. The van der Waals surface area contributed by atoms with Gasteiger partial charge in [-0.05, 0) is 18.8 Å². The maximum Gasteiger partial charge on any atom is 0.140 e. The van der Waals surface area contributed by atoms with Gasteiger partial charge in [-0.1, -0.05) is 19.3 Å². The van der Waals surface area contributed by atoms with Gasteiger partial charge in [0.25, 0.3) is 0 Å². The Kier molecular flexibility index (Phi) is 2.99. The lowest BCUT2D eigenvalue weighted by Gasteiger charge is -2.28. The minimum atomic E-state index is 0.231. The van der Waals surface area contributed by atoms with Gasteiger partial charge in [0.2, 0.25) is 0 Å². The van der Waals surface area contributed by atoms with Crippen LogP contribution in [-0.4, -0.2) is 19.0 Å². The van der Waals surface area contributed by atoms with Crippen LogP contribution in [0.25, 0.3) is 0 Å². The number of ketones is 1. The molecular weight excluding hydrogens is 164 g/mol. The van der Waals surface area contributed by atoms with Gasteiger partial charge < -0.3 is 4.74 Å². The Balaban J connectivity index is 1.69. The second-order valence-corrected chi connectivity index (χ2v) is 4.36. The quantitative estimate of drug-likeness (QED) is 0.668. The summed E-state index contributed by atoms with van der Waals surface area (Å²) >= 11 is 0. The van der Waals surface area contributed by atoms with Gasteiger partial charge in [-0.25, -0.2) is 0 Å². The number of carbonyl (C=O) groups is 1. The Morgan fingerprint density at radius 1 is 1.31 bits per heavy atom. The molecule has 0 radical (unpaired) electrons. The van der Waals surface area contributed by atoms with E-state index >= 15 is 0 Å². The highest BCUT2D eigenvalue weighted by molar-refractivity contribution is 5.81. The summed E-state index contributed by atoms with van der Waals surface area (Å²) in [5.74, 6) is 1.59. The molecule has 13 heavy (non-hydrogen) atoms. The van der Waals surface area contributed by atoms with E-state index in [9.17, 15) is 4.79 Å². The smallest absolute Gasteiger partial charge is 0.140 e. The molecule has 0 bridgehead atoms. The summed E-state index contributed by atoms with van der Waals surface area (Å²) in [6.07, 6.45) is 7.15. The first kappa shape index (κ1) is 9.20. The Labute approximate surface area is 79.7 Å². The lowest BCUT2D eigenvalue weighted by atomic mass is 9.79. The molecule has 1 unspecified atom stereocenters. The maximum atomic E-state index is 11.4. The van der Waals surface area contributed by atoms with Crippen molar-refractivity contribution < 1.29 is 9.53 Å². The van der Waals surface area contributed by atoms with Gasteiger partial charge in [0.15, 0.2) is 0 Å². The van der Waals surface area contributed by atoms with E-state index in [1.807, 2.05) is 0 Å². The van der Waals surface area contributed by atoms with E-state index in [-0.39, 0.29) is 5.92 Å². The molecule has 1 atom stereocenters. The normalized spacial score (nSPS) is 30.2. The first-order chi connectivity index (χ1) is 6.36. The lowest BCUT2D eigenvalue weighted by molar-refractivity contribution is -0.130. The van der Waals surface area contributed by atoms with Crippen molar-refractivity contribution in [2.24, 2.45) is 11.8 Å². The van der Waals surface area contributed by atoms with Crippen LogP contribution in [0.1, 0.15) is 38.5 Å². The fourth-order valence-electron chi connectivity index (χ4n) is 2.16. The molecule has 1 saturated heterocycles. The molecular formula is C11H18O2. The van der Waals surface area contributed by atoms with Crippen LogP contribution in [0.15, 0.2) is 0 Å². The SMILES string of the molecule is O=C1CCOCC1CCC1CCC1. The van der Waals surface area contributed by atoms with Gasteiger partial charge in [0, 0.05) is 12.3 Å².